The third-order valence-electron chi connectivity index (χ3n) is 6.36. The zero-order chi connectivity index (χ0) is 25.1. The molecule has 0 radical (unpaired) electrons. The van der Waals surface area contributed by atoms with Gasteiger partial charge < -0.3 is 14.4 Å². The molecule has 35 heavy (non-hydrogen) atoms. The molecule has 1 aliphatic heterocycles. The van der Waals surface area contributed by atoms with Crippen LogP contribution in [-0.2, 0) is 21.5 Å². The Hall–Kier alpha value is -2.70. The molecule has 4 nitrogen and oxygen atoms in total. The zero-order valence-corrected chi connectivity index (χ0v) is 21.9. The lowest BCUT2D eigenvalue weighted by Crippen LogP contribution is -2.41. The minimum atomic E-state index is -0.602. The van der Waals surface area contributed by atoms with Crippen LogP contribution in [0.3, 0.4) is 0 Å². The molecular formula is C29H31BrFNO3. The maximum absolute atomic E-state index is 13.9. The lowest BCUT2D eigenvalue weighted by Gasteiger charge is -2.35. The average molecular weight is 540 g/mol. The van der Waals surface area contributed by atoms with E-state index in [4.69, 9.17) is 9.47 Å². The fourth-order valence-corrected chi connectivity index (χ4v) is 4.99. The predicted octanol–water partition coefficient (Wildman–Crippen LogP) is 7.08. The number of halogens is 2. The van der Waals surface area contributed by atoms with Crippen molar-refractivity contribution in [2.45, 2.75) is 44.3 Å². The molecule has 2 atom stereocenters. The second kappa shape index (κ2) is 10.5. The summed E-state index contributed by atoms with van der Waals surface area (Å²) in [6.45, 7) is 7.29. The summed E-state index contributed by atoms with van der Waals surface area (Å²) in [5.41, 5.74) is 1.92. The van der Waals surface area contributed by atoms with Crippen LogP contribution in [0.1, 0.15) is 43.4 Å². The molecule has 0 aliphatic carbocycles. The molecule has 0 aromatic heterocycles. The number of carbonyl (C=O) groups is 1. The highest BCUT2D eigenvalue weighted by Gasteiger charge is 2.51. The fraction of sp³-hybridized carbons (Fsp3) is 0.345. The average Bonchev–Trinajstić information content (AvgIpc) is 3.20. The summed E-state index contributed by atoms with van der Waals surface area (Å²) in [5, 5.41) is 0. The molecular weight excluding hydrogens is 509 g/mol. The molecule has 0 N–H and O–H groups in total. The number of hydrogen-bond acceptors (Lipinski definition) is 3. The Balaban J connectivity index is 1.72. The van der Waals surface area contributed by atoms with Crippen LogP contribution < -0.4 is 0 Å². The Kier molecular flexibility index (Phi) is 7.62. The number of carbonyl (C=O) groups excluding carboxylic acids is 1. The zero-order valence-electron chi connectivity index (χ0n) is 20.3. The molecule has 184 valence electrons. The first-order valence-corrected chi connectivity index (χ1v) is 12.6. The third-order valence-corrected chi connectivity index (χ3v) is 6.89. The second-order valence-corrected chi connectivity index (χ2v) is 11.0. The normalized spacial score (nSPS) is 20.1. The van der Waals surface area contributed by atoms with Crippen LogP contribution in [0.2, 0.25) is 0 Å². The van der Waals surface area contributed by atoms with Gasteiger partial charge in [0, 0.05) is 28.9 Å². The quantitative estimate of drug-likeness (QED) is 0.336. The SMILES string of the molecule is CC(C)(C)OC(=O)N1C[C@@H](c2ccc(Br)cc2)[C@@](COCc2ccccc2)(c2ccc(F)cc2)C1. The van der Waals surface area contributed by atoms with Crippen LogP contribution in [0.15, 0.2) is 83.3 Å². The van der Waals surface area contributed by atoms with Gasteiger partial charge in [-0.25, -0.2) is 9.18 Å². The molecule has 1 aliphatic rings. The number of rotatable bonds is 6. The molecule has 0 saturated carbocycles. The molecule has 6 heteroatoms. The summed E-state index contributed by atoms with van der Waals surface area (Å²) in [4.78, 5) is 14.9. The van der Waals surface area contributed by atoms with Crippen molar-refractivity contribution >= 4 is 22.0 Å². The summed E-state index contributed by atoms with van der Waals surface area (Å²) < 4.78 is 26.9. The van der Waals surface area contributed by atoms with Crippen LogP contribution in [0.5, 0.6) is 0 Å². The number of ether oxygens (including phenoxy) is 2. The van der Waals surface area contributed by atoms with Gasteiger partial charge in [0.2, 0.25) is 0 Å². The topological polar surface area (TPSA) is 38.8 Å². The minimum Gasteiger partial charge on any atom is -0.444 e. The summed E-state index contributed by atoms with van der Waals surface area (Å²) in [5.74, 6) is -0.361. The summed E-state index contributed by atoms with van der Waals surface area (Å²) >= 11 is 3.52. The van der Waals surface area contributed by atoms with Gasteiger partial charge in [-0.05, 0) is 61.7 Å². The summed E-state index contributed by atoms with van der Waals surface area (Å²) in [6, 6.07) is 24.7. The van der Waals surface area contributed by atoms with Crippen LogP contribution in [0, 0.1) is 5.82 Å². The molecule has 1 heterocycles. The van der Waals surface area contributed by atoms with Crippen molar-refractivity contribution in [2.24, 2.45) is 0 Å². The second-order valence-electron chi connectivity index (χ2n) is 10.1. The standard InChI is InChI=1S/C29H31BrFNO3/c1-28(2,3)35-27(33)32-17-26(22-9-13-24(30)14-10-22)29(19-32,23-11-15-25(31)16-12-23)20-34-18-21-7-5-4-6-8-21/h4-16,26H,17-20H2,1-3H3/t26-,29-/m0/s1. The highest BCUT2D eigenvalue weighted by molar-refractivity contribution is 9.10. The van der Waals surface area contributed by atoms with E-state index in [9.17, 15) is 9.18 Å². The number of hydrogen-bond donors (Lipinski definition) is 0. The first-order chi connectivity index (χ1) is 16.7. The van der Waals surface area contributed by atoms with E-state index < -0.39 is 11.0 Å². The maximum atomic E-state index is 13.9. The van der Waals surface area contributed by atoms with E-state index in [-0.39, 0.29) is 17.8 Å². The van der Waals surface area contributed by atoms with Gasteiger partial charge in [0.25, 0.3) is 0 Å². The van der Waals surface area contributed by atoms with Crippen molar-refractivity contribution in [1.29, 1.82) is 0 Å². The van der Waals surface area contributed by atoms with E-state index in [0.29, 0.717) is 26.3 Å². The van der Waals surface area contributed by atoms with Crippen LogP contribution >= 0.6 is 15.9 Å². The van der Waals surface area contributed by atoms with E-state index >= 15 is 0 Å². The van der Waals surface area contributed by atoms with E-state index in [2.05, 4.69) is 28.1 Å². The molecule has 3 aromatic carbocycles. The number of nitrogens with zero attached hydrogens (tertiary/aromatic N) is 1. The highest BCUT2D eigenvalue weighted by atomic mass is 79.9. The van der Waals surface area contributed by atoms with Crippen LogP contribution in [0.25, 0.3) is 0 Å². The van der Waals surface area contributed by atoms with Crippen molar-refractivity contribution in [1.82, 2.24) is 4.90 Å². The predicted molar refractivity (Wildman–Crippen MR) is 139 cm³/mol. The van der Waals surface area contributed by atoms with Gasteiger partial charge in [0.1, 0.15) is 11.4 Å². The first kappa shape index (κ1) is 25.4. The molecule has 0 unspecified atom stereocenters. The Bertz CT molecular complexity index is 1130. The maximum Gasteiger partial charge on any atom is 0.410 e. The van der Waals surface area contributed by atoms with E-state index in [1.54, 1.807) is 4.90 Å². The lowest BCUT2D eigenvalue weighted by atomic mass is 9.70. The van der Waals surface area contributed by atoms with E-state index in [1.807, 2.05) is 75.4 Å². The Morgan fingerprint density at radius 2 is 1.69 bits per heavy atom. The Labute approximate surface area is 215 Å². The van der Waals surface area contributed by atoms with Crippen molar-refractivity contribution in [3.05, 3.63) is 106 Å². The highest BCUT2D eigenvalue weighted by Crippen LogP contribution is 2.46. The smallest absolute Gasteiger partial charge is 0.410 e. The molecule has 4 rings (SSSR count). The molecule has 1 saturated heterocycles. The lowest BCUT2D eigenvalue weighted by molar-refractivity contribution is 0.0254. The van der Waals surface area contributed by atoms with Crippen LogP contribution in [0.4, 0.5) is 9.18 Å². The van der Waals surface area contributed by atoms with Gasteiger partial charge in [-0.15, -0.1) is 0 Å². The Morgan fingerprint density at radius 3 is 2.31 bits per heavy atom. The minimum absolute atomic E-state index is 0.0654. The fourth-order valence-electron chi connectivity index (χ4n) is 4.72. The number of likely N-dealkylation sites (tertiary alicyclic amines) is 1. The Morgan fingerprint density at radius 1 is 1.03 bits per heavy atom. The molecule has 0 spiro atoms. The van der Waals surface area contributed by atoms with Crippen LogP contribution in [-0.4, -0.2) is 36.3 Å². The van der Waals surface area contributed by atoms with E-state index in [1.165, 1.54) is 12.1 Å². The third kappa shape index (κ3) is 6.11. The van der Waals surface area contributed by atoms with Gasteiger partial charge in [-0.2, -0.15) is 0 Å². The van der Waals surface area contributed by atoms with Crippen molar-refractivity contribution in [2.75, 3.05) is 19.7 Å². The first-order valence-electron chi connectivity index (χ1n) is 11.8. The van der Waals surface area contributed by atoms with Gasteiger partial charge in [0.15, 0.2) is 0 Å². The van der Waals surface area contributed by atoms with E-state index in [0.717, 1.165) is 21.2 Å². The van der Waals surface area contributed by atoms with Crippen molar-refractivity contribution in [3.8, 4) is 0 Å². The largest absolute Gasteiger partial charge is 0.444 e. The summed E-state index contributed by atoms with van der Waals surface area (Å²) in [6.07, 6.45) is -0.355. The number of benzene rings is 3. The number of amides is 1. The molecule has 3 aromatic rings. The van der Waals surface area contributed by atoms with Gasteiger partial charge in [-0.1, -0.05) is 70.5 Å². The summed E-state index contributed by atoms with van der Waals surface area (Å²) in [7, 11) is 0. The van der Waals surface area contributed by atoms with Gasteiger partial charge >= 0.3 is 6.09 Å². The van der Waals surface area contributed by atoms with Gasteiger partial charge in [0.05, 0.1) is 13.2 Å². The monoisotopic (exact) mass is 539 g/mol. The van der Waals surface area contributed by atoms with Crippen molar-refractivity contribution < 1.29 is 18.7 Å². The molecule has 0 bridgehead atoms. The molecule has 1 fully saturated rings. The molecule has 1 amide bonds. The van der Waals surface area contributed by atoms with Gasteiger partial charge in [-0.3, -0.25) is 0 Å². The van der Waals surface area contributed by atoms with Crippen molar-refractivity contribution in [3.63, 3.8) is 0 Å².